The summed E-state index contributed by atoms with van der Waals surface area (Å²) in [6.45, 7) is 1.24. The quantitative estimate of drug-likeness (QED) is 0.787. The summed E-state index contributed by atoms with van der Waals surface area (Å²) < 4.78 is 2.00. The predicted octanol–water partition coefficient (Wildman–Crippen LogP) is 2.73. The number of nitriles is 1. The molecule has 0 bridgehead atoms. The third-order valence-electron chi connectivity index (χ3n) is 3.68. The monoisotopic (exact) mass is 316 g/mol. The first-order valence-corrected chi connectivity index (χ1v) is 7.56. The highest BCUT2D eigenvalue weighted by molar-refractivity contribution is 5.94. The lowest BCUT2D eigenvalue weighted by atomic mass is 10.1. The fourth-order valence-corrected chi connectivity index (χ4v) is 2.33. The number of rotatable bonds is 5. The number of imidazole rings is 1. The van der Waals surface area contributed by atoms with Gasteiger partial charge in [-0.1, -0.05) is 24.3 Å². The molecule has 0 atom stereocenters. The molecule has 0 spiro atoms. The first kappa shape index (κ1) is 15.5. The molecule has 0 aliphatic heterocycles. The Morgan fingerprint density at radius 2 is 1.79 bits per heavy atom. The maximum Gasteiger partial charge on any atom is 0.251 e. The Morgan fingerprint density at radius 3 is 2.42 bits per heavy atom. The molecule has 118 valence electrons. The molecule has 5 heteroatoms. The Bertz CT molecular complexity index is 844. The van der Waals surface area contributed by atoms with Gasteiger partial charge >= 0.3 is 0 Å². The van der Waals surface area contributed by atoms with Crippen LogP contribution in [0.25, 0.3) is 0 Å². The predicted molar refractivity (Wildman–Crippen MR) is 90.1 cm³/mol. The van der Waals surface area contributed by atoms with Crippen LogP contribution >= 0.6 is 0 Å². The van der Waals surface area contributed by atoms with E-state index in [0.717, 1.165) is 12.1 Å². The van der Waals surface area contributed by atoms with Gasteiger partial charge in [0.2, 0.25) is 0 Å². The van der Waals surface area contributed by atoms with Gasteiger partial charge in [-0.05, 0) is 35.4 Å². The van der Waals surface area contributed by atoms with Gasteiger partial charge < -0.3 is 9.88 Å². The topological polar surface area (TPSA) is 70.7 Å². The van der Waals surface area contributed by atoms with E-state index < -0.39 is 0 Å². The molecule has 1 heterocycles. The summed E-state index contributed by atoms with van der Waals surface area (Å²) in [5.41, 5.74) is 3.30. The number of hydrogen-bond acceptors (Lipinski definition) is 3. The van der Waals surface area contributed by atoms with E-state index in [1.165, 1.54) is 5.56 Å². The smallest absolute Gasteiger partial charge is 0.251 e. The molecule has 0 saturated heterocycles. The van der Waals surface area contributed by atoms with E-state index >= 15 is 0 Å². The van der Waals surface area contributed by atoms with E-state index in [2.05, 4.69) is 10.3 Å². The minimum Gasteiger partial charge on any atom is -0.348 e. The third-order valence-corrected chi connectivity index (χ3v) is 3.68. The number of benzene rings is 2. The second kappa shape index (κ2) is 7.25. The lowest BCUT2D eigenvalue weighted by molar-refractivity contribution is 0.0951. The molecular weight excluding hydrogens is 300 g/mol. The van der Waals surface area contributed by atoms with Crippen molar-refractivity contribution >= 4 is 5.91 Å². The third kappa shape index (κ3) is 3.87. The van der Waals surface area contributed by atoms with Gasteiger partial charge in [-0.15, -0.1) is 0 Å². The van der Waals surface area contributed by atoms with Gasteiger partial charge in [0.25, 0.3) is 5.91 Å². The zero-order valence-electron chi connectivity index (χ0n) is 13.0. The van der Waals surface area contributed by atoms with Gasteiger partial charge in [-0.2, -0.15) is 5.26 Å². The van der Waals surface area contributed by atoms with E-state index in [-0.39, 0.29) is 5.91 Å². The maximum absolute atomic E-state index is 12.1. The van der Waals surface area contributed by atoms with Crippen molar-refractivity contribution in [3.8, 4) is 6.07 Å². The van der Waals surface area contributed by atoms with E-state index in [1.54, 1.807) is 36.8 Å². The molecule has 1 amide bonds. The lowest BCUT2D eigenvalue weighted by Gasteiger charge is -2.07. The molecule has 0 unspecified atom stereocenters. The first-order chi connectivity index (χ1) is 11.7. The Morgan fingerprint density at radius 1 is 1.08 bits per heavy atom. The van der Waals surface area contributed by atoms with Crippen LogP contribution in [0.15, 0.2) is 67.3 Å². The number of aromatic nitrogens is 2. The van der Waals surface area contributed by atoms with E-state index in [9.17, 15) is 4.79 Å². The largest absolute Gasteiger partial charge is 0.348 e. The molecule has 1 aromatic heterocycles. The molecule has 5 nitrogen and oxygen atoms in total. The van der Waals surface area contributed by atoms with Crippen molar-refractivity contribution in [3.63, 3.8) is 0 Å². The number of carbonyl (C=O) groups excluding carboxylic acids is 1. The fraction of sp³-hybridized carbons (Fsp3) is 0.105. The fourth-order valence-electron chi connectivity index (χ4n) is 2.33. The first-order valence-electron chi connectivity index (χ1n) is 7.56. The molecule has 0 fully saturated rings. The lowest BCUT2D eigenvalue weighted by Crippen LogP contribution is -2.22. The molecule has 2 aromatic carbocycles. The molecule has 0 aliphatic rings. The molecule has 24 heavy (non-hydrogen) atoms. The minimum atomic E-state index is -0.151. The Kier molecular flexibility index (Phi) is 4.68. The summed E-state index contributed by atoms with van der Waals surface area (Å²) in [7, 11) is 0. The van der Waals surface area contributed by atoms with E-state index in [0.29, 0.717) is 17.7 Å². The number of hydrogen-bond donors (Lipinski definition) is 1. The second-order valence-corrected chi connectivity index (χ2v) is 5.42. The standard InChI is InChI=1S/C19H16N4O/c20-11-15-5-7-18(8-6-15)19(24)22-12-16-1-3-17(4-2-16)13-23-10-9-21-14-23/h1-10,14H,12-13H2,(H,22,24). The van der Waals surface area contributed by atoms with Crippen LogP contribution in [0.2, 0.25) is 0 Å². The van der Waals surface area contributed by atoms with Crippen LogP contribution in [0.4, 0.5) is 0 Å². The summed E-state index contributed by atoms with van der Waals surface area (Å²) >= 11 is 0. The highest BCUT2D eigenvalue weighted by Crippen LogP contribution is 2.08. The van der Waals surface area contributed by atoms with Crippen molar-refractivity contribution in [1.82, 2.24) is 14.9 Å². The Hall–Kier alpha value is -3.39. The van der Waals surface area contributed by atoms with Crippen molar-refractivity contribution in [2.75, 3.05) is 0 Å². The second-order valence-electron chi connectivity index (χ2n) is 5.42. The van der Waals surface area contributed by atoms with Crippen molar-refractivity contribution in [1.29, 1.82) is 5.26 Å². The van der Waals surface area contributed by atoms with E-state index in [1.807, 2.05) is 41.1 Å². The average Bonchev–Trinajstić information content (AvgIpc) is 3.14. The van der Waals surface area contributed by atoms with Crippen LogP contribution in [-0.2, 0) is 13.1 Å². The molecule has 0 aliphatic carbocycles. The Labute approximate surface area is 140 Å². The molecule has 3 aromatic rings. The van der Waals surface area contributed by atoms with Crippen LogP contribution in [0.5, 0.6) is 0 Å². The average molecular weight is 316 g/mol. The number of amides is 1. The van der Waals surface area contributed by atoms with Gasteiger partial charge in [0.15, 0.2) is 0 Å². The van der Waals surface area contributed by atoms with Crippen LogP contribution in [-0.4, -0.2) is 15.5 Å². The van der Waals surface area contributed by atoms with Gasteiger partial charge in [-0.25, -0.2) is 4.98 Å². The molecule has 3 rings (SSSR count). The van der Waals surface area contributed by atoms with Crippen molar-refractivity contribution in [2.24, 2.45) is 0 Å². The summed E-state index contributed by atoms with van der Waals surface area (Å²) in [6, 6.07) is 16.7. The van der Waals surface area contributed by atoms with E-state index in [4.69, 9.17) is 5.26 Å². The van der Waals surface area contributed by atoms with Gasteiger partial charge in [0, 0.05) is 31.0 Å². The molecule has 1 N–H and O–H groups in total. The molecule has 0 saturated carbocycles. The highest BCUT2D eigenvalue weighted by atomic mass is 16.1. The van der Waals surface area contributed by atoms with Gasteiger partial charge in [0.05, 0.1) is 18.0 Å². The maximum atomic E-state index is 12.1. The van der Waals surface area contributed by atoms with Crippen LogP contribution in [0, 0.1) is 11.3 Å². The summed E-state index contributed by atoms with van der Waals surface area (Å²) in [4.78, 5) is 16.1. The zero-order chi connectivity index (χ0) is 16.8. The summed E-state index contributed by atoms with van der Waals surface area (Å²) in [6.07, 6.45) is 5.46. The summed E-state index contributed by atoms with van der Waals surface area (Å²) in [5.74, 6) is -0.151. The van der Waals surface area contributed by atoms with Crippen LogP contribution in [0.1, 0.15) is 27.0 Å². The van der Waals surface area contributed by atoms with Crippen molar-refractivity contribution < 1.29 is 4.79 Å². The normalized spacial score (nSPS) is 10.1. The highest BCUT2D eigenvalue weighted by Gasteiger charge is 2.05. The zero-order valence-corrected chi connectivity index (χ0v) is 13.0. The SMILES string of the molecule is N#Cc1ccc(C(=O)NCc2ccc(Cn3ccnc3)cc2)cc1. The Balaban J connectivity index is 1.56. The molecular formula is C19H16N4O. The van der Waals surface area contributed by atoms with Crippen LogP contribution in [0.3, 0.4) is 0 Å². The van der Waals surface area contributed by atoms with Gasteiger partial charge in [0.1, 0.15) is 0 Å². The van der Waals surface area contributed by atoms with Crippen molar-refractivity contribution in [2.45, 2.75) is 13.1 Å². The number of nitrogens with zero attached hydrogens (tertiary/aromatic N) is 3. The van der Waals surface area contributed by atoms with Crippen LogP contribution < -0.4 is 5.32 Å². The molecule has 0 radical (unpaired) electrons. The number of carbonyl (C=O) groups is 1. The summed E-state index contributed by atoms with van der Waals surface area (Å²) in [5, 5.41) is 11.6. The van der Waals surface area contributed by atoms with Gasteiger partial charge in [-0.3, -0.25) is 4.79 Å². The van der Waals surface area contributed by atoms with Crippen molar-refractivity contribution in [3.05, 3.63) is 89.5 Å². The number of nitrogens with one attached hydrogen (secondary N) is 1. The minimum absolute atomic E-state index is 0.151.